The minimum absolute atomic E-state index is 0.0281. The molecule has 4 nitrogen and oxygen atoms in total. The summed E-state index contributed by atoms with van der Waals surface area (Å²) in [5.74, 6) is 0. The maximum atomic E-state index is 12.2. The van der Waals surface area contributed by atoms with Crippen LogP contribution in [0.1, 0.15) is 16.7 Å². The average molecular weight is 329 g/mol. The van der Waals surface area contributed by atoms with Crippen LogP contribution >= 0.6 is 0 Å². The van der Waals surface area contributed by atoms with Gasteiger partial charge in [-0.1, -0.05) is 36.4 Å². The van der Waals surface area contributed by atoms with Crippen molar-refractivity contribution in [2.24, 2.45) is 0 Å². The molecule has 2 aromatic heterocycles. The van der Waals surface area contributed by atoms with Gasteiger partial charge in [0.15, 0.2) is 0 Å². The number of aromatic amines is 1. The molecule has 0 saturated heterocycles. The Morgan fingerprint density at radius 1 is 1.00 bits per heavy atom. The molecular weight excluding hydrogens is 310 g/mol. The maximum absolute atomic E-state index is 12.2. The minimum atomic E-state index is -0.0281. The van der Waals surface area contributed by atoms with E-state index in [-0.39, 0.29) is 5.56 Å². The smallest absolute Gasteiger partial charge is 0.258 e. The molecule has 124 valence electrons. The lowest BCUT2D eigenvalue weighted by molar-refractivity contribution is 0.245. The van der Waals surface area contributed by atoms with E-state index in [2.05, 4.69) is 50.8 Å². The zero-order chi connectivity index (χ0) is 16.8. The van der Waals surface area contributed by atoms with Crippen molar-refractivity contribution in [2.75, 3.05) is 6.54 Å². The number of nitrogens with one attached hydrogen (secondary N) is 1. The van der Waals surface area contributed by atoms with E-state index in [1.165, 1.54) is 16.7 Å². The van der Waals surface area contributed by atoms with E-state index < -0.39 is 0 Å². The zero-order valence-corrected chi connectivity index (χ0v) is 13.9. The van der Waals surface area contributed by atoms with E-state index in [1.54, 1.807) is 0 Å². The van der Waals surface area contributed by atoms with E-state index in [0.29, 0.717) is 0 Å². The van der Waals surface area contributed by atoms with Gasteiger partial charge in [-0.3, -0.25) is 9.69 Å². The van der Waals surface area contributed by atoms with Crippen LogP contribution in [0.2, 0.25) is 0 Å². The van der Waals surface area contributed by atoms with Crippen molar-refractivity contribution in [3.8, 4) is 0 Å². The Bertz CT molecular complexity index is 1140. The third-order valence-corrected chi connectivity index (χ3v) is 5.14. The first-order chi connectivity index (χ1) is 12.3. The van der Waals surface area contributed by atoms with Crippen LogP contribution in [-0.4, -0.2) is 20.8 Å². The predicted molar refractivity (Wildman–Crippen MR) is 99.8 cm³/mol. The van der Waals surface area contributed by atoms with E-state index in [1.807, 2.05) is 24.3 Å². The summed E-state index contributed by atoms with van der Waals surface area (Å²) in [6, 6.07) is 18.5. The second-order valence-corrected chi connectivity index (χ2v) is 6.80. The topological polar surface area (TPSA) is 40.5 Å². The molecule has 3 heterocycles. The molecule has 0 spiro atoms. The van der Waals surface area contributed by atoms with Gasteiger partial charge in [0.05, 0.1) is 10.9 Å². The molecule has 1 aliphatic heterocycles. The Balaban J connectivity index is 1.50. The second kappa shape index (κ2) is 5.60. The number of rotatable bonds is 2. The average Bonchev–Trinajstić information content (AvgIpc) is 3.04. The Morgan fingerprint density at radius 2 is 1.80 bits per heavy atom. The van der Waals surface area contributed by atoms with Gasteiger partial charge in [-0.05, 0) is 41.3 Å². The summed E-state index contributed by atoms with van der Waals surface area (Å²) in [5, 5.41) is 0.726. The summed E-state index contributed by atoms with van der Waals surface area (Å²) in [4.78, 5) is 17.7. The molecule has 0 saturated carbocycles. The highest BCUT2D eigenvalue weighted by Crippen LogP contribution is 2.21. The standard InChI is InChI=1S/C21H19N3O/c25-21-18-7-3-4-8-19(18)24-13-15(11-20(24)22-21)12-23-10-9-16-5-1-2-6-17(16)14-23/h1-8,11,13H,9-10,12,14H2,(H,22,25). The monoisotopic (exact) mass is 329 g/mol. The molecule has 0 fully saturated rings. The van der Waals surface area contributed by atoms with Crippen LogP contribution in [0.25, 0.3) is 16.6 Å². The van der Waals surface area contributed by atoms with Gasteiger partial charge in [-0.15, -0.1) is 0 Å². The number of para-hydroxylation sites is 1. The van der Waals surface area contributed by atoms with E-state index in [0.717, 1.165) is 42.6 Å². The molecule has 0 radical (unpaired) electrons. The normalized spacial score (nSPS) is 14.9. The van der Waals surface area contributed by atoms with Crippen molar-refractivity contribution >= 4 is 16.6 Å². The van der Waals surface area contributed by atoms with Crippen molar-refractivity contribution in [3.05, 3.63) is 87.8 Å². The van der Waals surface area contributed by atoms with Crippen LogP contribution in [0.15, 0.2) is 65.6 Å². The molecule has 2 aromatic carbocycles. The summed E-state index contributed by atoms with van der Waals surface area (Å²) in [6.07, 6.45) is 3.25. The summed E-state index contributed by atoms with van der Waals surface area (Å²) in [7, 11) is 0. The van der Waals surface area contributed by atoms with Crippen molar-refractivity contribution in [1.82, 2.24) is 14.3 Å². The van der Waals surface area contributed by atoms with Crippen molar-refractivity contribution in [2.45, 2.75) is 19.5 Å². The lowest BCUT2D eigenvalue weighted by Crippen LogP contribution is -2.29. The largest absolute Gasteiger partial charge is 0.308 e. The van der Waals surface area contributed by atoms with E-state index >= 15 is 0 Å². The number of benzene rings is 2. The fourth-order valence-electron chi connectivity index (χ4n) is 3.91. The summed E-state index contributed by atoms with van der Waals surface area (Å²) < 4.78 is 2.09. The number of hydrogen-bond acceptors (Lipinski definition) is 2. The fourth-order valence-corrected chi connectivity index (χ4v) is 3.91. The molecule has 0 amide bonds. The zero-order valence-electron chi connectivity index (χ0n) is 13.9. The number of aromatic nitrogens is 2. The maximum Gasteiger partial charge on any atom is 0.258 e. The first-order valence-electron chi connectivity index (χ1n) is 8.69. The Morgan fingerprint density at radius 3 is 2.72 bits per heavy atom. The van der Waals surface area contributed by atoms with Gasteiger partial charge in [0.1, 0.15) is 5.65 Å². The molecule has 0 unspecified atom stereocenters. The Kier molecular flexibility index (Phi) is 3.25. The minimum Gasteiger partial charge on any atom is -0.308 e. The summed E-state index contributed by atoms with van der Waals surface area (Å²) in [5.41, 5.74) is 5.91. The number of nitrogens with zero attached hydrogens (tertiary/aromatic N) is 2. The molecule has 4 aromatic rings. The van der Waals surface area contributed by atoms with E-state index in [4.69, 9.17) is 0 Å². The van der Waals surface area contributed by atoms with Gasteiger partial charge in [0.25, 0.3) is 5.56 Å². The molecule has 1 aliphatic rings. The lowest BCUT2D eigenvalue weighted by atomic mass is 10.00. The van der Waals surface area contributed by atoms with Gasteiger partial charge >= 0.3 is 0 Å². The molecule has 0 aliphatic carbocycles. The van der Waals surface area contributed by atoms with Crippen molar-refractivity contribution < 1.29 is 0 Å². The molecule has 0 bridgehead atoms. The predicted octanol–water partition coefficient (Wildman–Crippen LogP) is 3.34. The first kappa shape index (κ1) is 14.5. The number of hydrogen-bond donors (Lipinski definition) is 1. The van der Waals surface area contributed by atoms with Crippen LogP contribution < -0.4 is 5.56 Å². The molecular formula is C21H19N3O. The number of fused-ring (bicyclic) bond motifs is 4. The van der Waals surface area contributed by atoms with Crippen molar-refractivity contribution in [1.29, 1.82) is 0 Å². The molecule has 25 heavy (non-hydrogen) atoms. The third kappa shape index (κ3) is 2.46. The van der Waals surface area contributed by atoms with Crippen LogP contribution in [0.3, 0.4) is 0 Å². The SMILES string of the molecule is O=c1[nH]c2cc(CN3CCc4ccccc4C3)cn2c2ccccc12. The number of H-pyrrole nitrogens is 1. The van der Waals surface area contributed by atoms with Crippen molar-refractivity contribution in [3.63, 3.8) is 0 Å². The summed E-state index contributed by atoms with van der Waals surface area (Å²) >= 11 is 0. The highest BCUT2D eigenvalue weighted by Gasteiger charge is 2.16. The lowest BCUT2D eigenvalue weighted by Gasteiger charge is -2.28. The molecule has 4 heteroatoms. The van der Waals surface area contributed by atoms with E-state index in [9.17, 15) is 4.79 Å². The fraction of sp³-hybridized carbons (Fsp3) is 0.190. The molecule has 0 atom stereocenters. The highest BCUT2D eigenvalue weighted by molar-refractivity contribution is 5.80. The Labute approximate surface area is 145 Å². The Hall–Kier alpha value is -2.85. The summed E-state index contributed by atoms with van der Waals surface area (Å²) in [6.45, 7) is 2.95. The first-order valence-corrected chi connectivity index (χ1v) is 8.69. The van der Waals surface area contributed by atoms with Crippen LogP contribution in [-0.2, 0) is 19.5 Å². The highest BCUT2D eigenvalue weighted by atomic mass is 16.1. The van der Waals surface area contributed by atoms with Gasteiger partial charge in [-0.25, -0.2) is 0 Å². The van der Waals surface area contributed by atoms with Crippen LogP contribution in [0.5, 0.6) is 0 Å². The van der Waals surface area contributed by atoms with Gasteiger partial charge in [0, 0.05) is 25.8 Å². The van der Waals surface area contributed by atoms with Crippen LogP contribution in [0, 0.1) is 0 Å². The molecule has 1 N–H and O–H groups in total. The van der Waals surface area contributed by atoms with Gasteiger partial charge in [0.2, 0.25) is 0 Å². The quantitative estimate of drug-likeness (QED) is 0.613. The van der Waals surface area contributed by atoms with Crippen LogP contribution in [0.4, 0.5) is 0 Å². The molecule has 5 rings (SSSR count). The van der Waals surface area contributed by atoms with Gasteiger partial charge < -0.3 is 9.38 Å². The third-order valence-electron chi connectivity index (χ3n) is 5.14. The second-order valence-electron chi connectivity index (χ2n) is 6.80. The van der Waals surface area contributed by atoms with Gasteiger partial charge in [-0.2, -0.15) is 0 Å².